The molecule has 2 rings (SSSR count). The lowest BCUT2D eigenvalue weighted by atomic mass is 9.85. The molecule has 0 bridgehead atoms. The van der Waals surface area contributed by atoms with Gasteiger partial charge in [0.05, 0.1) is 25.9 Å². The van der Waals surface area contributed by atoms with Gasteiger partial charge in [0.25, 0.3) is 0 Å². The molecule has 0 saturated carbocycles. The van der Waals surface area contributed by atoms with Crippen molar-refractivity contribution >= 4 is 5.78 Å². The highest BCUT2D eigenvalue weighted by Gasteiger charge is 2.26. The number of aryl methyl sites for hydroxylation is 1. The maximum absolute atomic E-state index is 12.6. The van der Waals surface area contributed by atoms with E-state index in [2.05, 4.69) is 12.1 Å². The van der Waals surface area contributed by atoms with E-state index in [0.717, 1.165) is 24.2 Å². The van der Waals surface area contributed by atoms with Crippen LogP contribution in [-0.2, 0) is 22.6 Å². The lowest BCUT2D eigenvalue weighted by Gasteiger charge is -2.26. The van der Waals surface area contributed by atoms with Crippen molar-refractivity contribution in [1.82, 2.24) is 0 Å². The lowest BCUT2D eigenvalue weighted by Crippen LogP contribution is -2.30. The Morgan fingerprint density at radius 1 is 0.966 bits per heavy atom. The molecule has 4 nitrogen and oxygen atoms in total. The molecule has 1 N–H and O–H groups in total. The summed E-state index contributed by atoms with van der Waals surface area (Å²) >= 11 is 0. The highest BCUT2D eigenvalue weighted by Crippen LogP contribution is 2.23. The van der Waals surface area contributed by atoms with Gasteiger partial charge in [-0.05, 0) is 41.5 Å². The molecule has 29 heavy (non-hydrogen) atoms. The zero-order chi connectivity index (χ0) is 21.3. The number of carbonyl (C=O) groups excluding carboxylic acids is 1. The topological polar surface area (TPSA) is 55.8 Å². The molecule has 0 saturated heterocycles. The molecule has 0 aliphatic heterocycles. The summed E-state index contributed by atoms with van der Waals surface area (Å²) in [7, 11) is 1.64. The predicted molar refractivity (Wildman–Crippen MR) is 116 cm³/mol. The van der Waals surface area contributed by atoms with Crippen LogP contribution in [0.25, 0.3) is 0 Å². The third kappa shape index (κ3) is 8.38. The fourth-order valence-corrected chi connectivity index (χ4v) is 3.01. The van der Waals surface area contributed by atoms with Crippen LogP contribution in [0.1, 0.15) is 51.2 Å². The highest BCUT2D eigenvalue weighted by atomic mass is 16.5. The zero-order valence-corrected chi connectivity index (χ0v) is 18.1. The number of benzene rings is 2. The lowest BCUT2D eigenvalue weighted by molar-refractivity contribution is -0.125. The highest BCUT2D eigenvalue weighted by molar-refractivity contribution is 5.79. The third-order valence-electron chi connectivity index (χ3n) is 5.12. The SMILES string of the molecule is COc1ccc(CO[C@H](CCc2ccccc2)CC(=O)C[C@@H](O)C(C)(C)C)cc1. The predicted octanol–water partition coefficient (Wildman–Crippen LogP) is 4.97. The normalized spacial score (nSPS) is 13.7. The maximum Gasteiger partial charge on any atom is 0.138 e. The Morgan fingerprint density at radius 2 is 1.62 bits per heavy atom. The van der Waals surface area contributed by atoms with Crippen molar-refractivity contribution in [3.8, 4) is 5.75 Å². The van der Waals surface area contributed by atoms with Gasteiger partial charge < -0.3 is 14.6 Å². The van der Waals surface area contributed by atoms with Crippen LogP contribution in [0.4, 0.5) is 0 Å². The third-order valence-corrected chi connectivity index (χ3v) is 5.12. The number of methoxy groups -OCH3 is 1. The summed E-state index contributed by atoms with van der Waals surface area (Å²) in [5.41, 5.74) is 1.96. The van der Waals surface area contributed by atoms with Gasteiger partial charge in [0.15, 0.2) is 0 Å². The standard InChI is InChI=1S/C25H34O4/c1-25(2,3)24(27)17-21(26)16-23(15-10-19-8-6-5-7-9-19)29-18-20-11-13-22(28-4)14-12-20/h5-9,11-14,23-24,27H,10,15-18H2,1-4H3/t23-,24-/m1/s1. The molecule has 4 heteroatoms. The Bertz CT molecular complexity index is 732. The number of aliphatic hydroxyl groups is 1. The summed E-state index contributed by atoms with van der Waals surface area (Å²) in [6.07, 6.45) is 1.26. The number of Topliss-reactive ketones (excluding diaryl/α,β-unsaturated/α-hetero) is 1. The average Bonchev–Trinajstić information content (AvgIpc) is 2.70. The molecule has 0 spiro atoms. The molecule has 2 aromatic rings. The Kier molecular flexibility index (Phi) is 8.87. The minimum atomic E-state index is -0.647. The zero-order valence-electron chi connectivity index (χ0n) is 18.1. The second kappa shape index (κ2) is 11.1. The molecule has 0 unspecified atom stereocenters. The second-order valence-corrected chi connectivity index (χ2v) is 8.63. The number of carbonyl (C=O) groups is 1. The molecule has 158 valence electrons. The van der Waals surface area contributed by atoms with Crippen LogP contribution in [0.3, 0.4) is 0 Å². The Balaban J connectivity index is 1.96. The van der Waals surface area contributed by atoms with Crippen molar-refractivity contribution in [2.45, 2.75) is 65.3 Å². The van der Waals surface area contributed by atoms with Gasteiger partial charge in [0.1, 0.15) is 11.5 Å². The molecule has 2 aromatic carbocycles. The molecule has 0 aromatic heterocycles. The number of rotatable bonds is 11. The van der Waals surface area contributed by atoms with Crippen molar-refractivity contribution in [3.63, 3.8) is 0 Å². The first kappa shape index (κ1) is 23.1. The Labute approximate surface area is 174 Å². The number of aliphatic hydroxyl groups excluding tert-OH is 1. The first-order valence-corrected chi connectivity index (χ1v) is 10.3. The monoisotopic (exact) mass is 398 g/mol. The molecule has 0 fully saturated rings. The van der Waals surface area contributed by atoms with Gasteiger partial charge in [-0.2, -0.15) is 0 Å². The van der Waals surface area contributed by atoms with E-state index in [1.165, 1.54) is 5.56 Å². The average molecular weight is 399 g/mol. The van der Waals surface area contributed by atoms with Crippen molar-refractivity contribution in [2.75, 3.05) is 7.11 Å². The summed E-state index contributed by atoms with van der Waals surface area (Å²) in [6.45, 7) is 6.27. The smallest absolute Gasteiger partial charge is 0.138 e. The fraction of sp³-hybridized carbons (Fsp3) is 0.480. The molecule has 0 aliphatic rings. The van der Waals surface area contributed by atoms with Crippen molar-refractivity contribution < 1.29 is 19.4 Å². The van der Waals surface area contributed by atoms with Crippen LogP contribution in [0, 0.1) is 5.41 Å². The van der Waals surface area contributed by atoms with Crippen molar-refractivity contribution in [1.29, 1.82) is 0 Å². The summed E-state index contributed by atoms with van der Waals surface area (Å²) in [6, 6.07) is 18.0. The van der Waals surface area contributed by atoms with Crippen molar-refractivity contribution in [3.05, 3.63) is 65.7 Å². The first-order valence-electron chi connectivity index (χ1n) is 10.3. The summed E-state index contributed by atoms with van der Waals surface area (Å²) in [4.78, 5) is 12.6. The van der Waals surface area contributed by atoms with Gasteiger partial charge in [-0.1, -0.05) is 63.2 Å². The number of ether oxygens (including phenoxy) is 2. The molecular weight excluding hydrogens is 364 g/mol. The van der Waals surface area contributed by atoms with E-state index in [0.29, 0.717) is 13.0 Å². The summed E-state index contributed by atoms with van der Waals surface area (Å²) < 4.78 is 11.3. The van der Waals surface area contributed by atoms with E-state index in [1.807, 2.05) is 63.2 Å². The van der Waals surface area contributed by atoms with Gasteiger partial charge in [-0.25, -0.2) is 0 Å². The second-order valence-electron chi connectivity index (χ2n) is 8.63. The van der Waals surface area contributed by atoms with Crippen LogP contribution in [0.2, 0.25) is 0 Å². The van der Waals surface area contributed by atoms with E-state index in [1.54, 1.807) is 7.11 Å². The van der Waals surface area contributed by atoms with Gasteiger partial charge in [-0.3, -0.25) is 4.79 Å². The van der Waals surface area contributed by atoms with Gasteiger partial charge in [-0.15, -0.1) is 0 Å². The van der Waals surface area contributed by atoms with E-state index < -0.39 is 6.10 Å². The van der Waals surface area contributed by atoms with E-state index in [9.17, 15) is 9.90 Å². The fourth-order valence-electron chi connectivity index (χ4n) is 3.01. The van der Waals surface area contributed by atoms with Gasteiger partial charge in [0, 0.05) is 12.8 Å². The van der Waals surface area contributed by atoms with Crippen LogP contribution in [0.5, 0.6) is 5.75 Å². The minimum absolute atomic E-state index is 0.0419. The number of hydrogen-bond donors (Lipinski definition) is 1. The molecule has 0 aliphatic carbocycles. The van der Waals surface area contributed by atoms with Crippen LogP contribution in [-0.4, -0.2) is 30.2 Å². The first-order chi connectivity index (χ1) is 13.8. The number of hydrogen-bond acceptors (Lipinski definition) is 4. The number of ketones is 1. The molecular formula is C25H34O4. The summed E-state index contributed by atoms with van der Waals surface area (Å²) in [5, 5.41) is 10.3. The van der Waals surface area contributed by atoms with E-state index in [4.69, 9.17) is 9.47 Å². The van der Waals surface area contributed by atoms with E-state index in [-0.39, 0.29) is 23.7 Å². The quantitative estimate of drug-likeness (QED) is 0.581. The molecule has 0 heterocycles. The van der Waals surface area contributed by atoms with E-state index >= 15 is 0 Å². The van der Waals surface area contributed by atoms with Crippen LogP contribution in [0.15, 0.2) is 54.6 Å². The van der Waals surface area contributed by atoms with Gasteiger partial charge in [0.2, 0.25) is 0 Å². The Hall–Kier alpha value is -2.17. The van der Waals surface area contributed by atoms with Crippen molar-refractivity contribution in [2.24, 2.45) is 5.41 Å². The Morgan fingerprint density at radius 3 is 2.21 bits per heavy atom. The van der Waals surface area contributed by atoms with Crippen LogP contribution < -0.4 is 4.74 Å². The molecule has 0 radical (unpaired) electrons. The van der Waals surface area contributed by atoms with Gasteiger partial charge >= 0.3 is 0 Å². The molecule has 2 atom stereocenters. The summed E-state index contributed by atoms with van der Waals surface area (Å²) in [5.74, 6) is 0.848. The van der Waals surface area contributed by atoms with Crippen LogP contribution >= 0.6 is 0 Å². The molecule has 0 amide bonds. The largest absolute Gasteiger partial charge is 0.497 e. The minimum Gasteiger partial charge on any atom is -0.497 e. The maximum atomic E-state index is 12.6.